The third-order valence-corrected chi connectivity index (χ3v) is 4.64. The fourth-order valence-electron chi connectivity index (χ4n) is 3.27. The molecule has 0 bridgehead atoms. The molecule has 0 saturated carbocycles. The van der Waals surface area contributed by atoms with Gasteiger partial charge < -0.3 is 9.80 Å². The standard InChI is InChI=1S/C19H21N3O4/c1-2-21(15-12-16(23)20-19(15)26)18(25)10-7-13-5-8-14(9-6-13)22-11-3-4-17(22)24/h5-10,15H,2-4,11-12H2,1H3,(H,20,23,26)/b10-7-/t15-/m0/s1. The van der Waals surface area contributed by atoms with E-state index in [0.29, 0.717) is 13.0 Å². The summed E-state index contributed by atoms with van der Waals surface area (Å²) in [5.74, 6) is -0.979. The topological polar surface area (TPSA) is 86.8 Å². The zero-order valence-electron chi connectivity index (χ0n) is 14.6. The van der Waals surface area contributed by atoms with Gasteiger partial charge in [-0.1, -0.05) is 12.1 Å². The number of imide groups is 1. The molecule has 4 amide bonds. The molecule has 1 N–H and O–H groups in total. The van der Waals surface area contributed by atoms with Crippen LogP contribution in [-0.4, -0.2) is 47.7 Å². The Morgan fingerprint density at radius 3 is 2.54 bits per heavy atom. The largest absolute Gasteiger partial charge is 0.327 e. The number of nitrogens with zero attached hydrogens (tertiary/aromatic N) is 2. The van der Waals surface area contributed by atoms with E-state index in [-0.39, 0.29) is 24.1 Å². The molecule has 3 rings (SSSR count). The summed E-state index contributed by atoms with van der Waals surface area (Å²) in [6, 6.07) is 6.65. The molecule has 2 aliphatic rings. The average molecular weight is 355 g/mol. The normalized spacial score (nSPS) is 20.1. The van der Waals surface area contributed by atoms with E-state index in [1.54, 1.807) is 17.9 Å². The van der Waals surface area contributed by atoms with E-state index in [4.69, 9.17) is 0 Å². The second kappa shape index (κ2) is 7.51. The van der Waals surface area contributed by atoms with Crippen molar-refractivity contribution in [2.24, 2.45) is 0 Å². The molecule has 1 aromatic rings. The van der Waals surface area contributed by atoms with Crippen LogP contribution in [0, 0.1) is 0 Å². The van der Waals surface area contributed by atoms with E-state index >= 15 is 0 Å². The summed E-state index contributed by atoms with van der Waals surface area (Å²) >= 11 is 0. The van der Waals surface area contributed by atoms with Crippen LogP contribution in [0.2, 0.25) is 0 Å². The lowest BCUT2D eigenvalue weighted by atomic mass is 10.1. The Morgan fingerprint density at radius 2 is 2.00 bits per heavy atom. The first-order valence-corrected chi connectivity index (χ1v) is 8.72. The molecule has 2 heterocycles. The average Bonchev–Trinajstić information content (AvgIpc) is 3.19. The van der Waals surface area contributed by atoms with Crippen molar-refractivity contribution in [3.63, 3.8) is 0 Å². The predicted octanol–water partition coefficient (Wildman–Crippen LogP) is 1.09. The first-order chi connectivity index (χ1) is 12.5. The van der Waals surface area contributed by atoms with Crippen molar-refractivity contribution in [2.45, 2.75) is 32.2 Å². The van der Waals surface area contributed by atoms with E-state index < -0.39 is 11.9 Å². The first-order valence-electron chi connectivity index (χ1n) is 8.72. The minimum Gasteiger partial charge on any atom is -0.327 e. The number of benzene rings is 1. The van der Waals surface area contributed by atoms with E-state index in [2.05, 4.69) is 5.32 Å². The lowest BCUT2D eigenvalue weighted by Gasteiger charge is -2.23. The number of rotatable bonds is 5. The summed E-state index contributed by atoms with van der Waals surface area (Å²) in [5, 5.41) is 2.22. The summed E-state index contributed by atoms with van der Waals surface area (Å²) in [5.41, 5.74) is 1.67. The minimum atomic E-state index is -0.742. The quantitative estimate of drug-likeness (QED) is 0.633. The smallest absolute Gasteiger partial charge is 0.249 e. The number of carbonyl (C=O) groups excluding carboxylic acids is 4. The van der Waals surface area contributed by atoms with E-state index in [1.807, 2.05) is 24.3 Å². The molecule has 0 radical (unpaired) electrons. The third-order valence-electron chi connectivity index (χ3n) is 4.64. The van der Waals surface area contributed by atoms with Crippen LogP contribution in [0.3, 0.4) is 0 Å². The predicted molar refractivity (Wildman–Crippen MR) is 96.0 cm³/mol. The number of likely N-dealkylation sites (N-methyl/N-ethyl adjacent to an activating group) is 1. The molecule has 2 aliphatic heterocycles. The van der Waals surface area contributed by atoms with E-state index in [9.17, 15) is 19.2 Å². The first kappa shape index (κ1) is 17.8. The number of hydrogen-bond acceptors (Lipinski definition) is 4. The van der Waals surface area contributed by atoms with Crippen LogP contribution in [-0.2, 0) is 19.2 Å². The number of amides is 4. The van der Waals surface area contributed by atoms with Gasteiger partial charge >= 0.3 is 0 Å². The highest BCUT2D eigenvalue weighted by Crippen LogP contribution is 2.22. The fraction of sp³-hybridized carbons (Fsp3) is 0.368. The van der Waals surface area contributed by atoms with Crippen LogP contribution < -0.4 is 10.2 Å². The molecule has 26 heavy (non-hydrogen) atoms. The van der Waals surface area contributed by atoms with Gasteiger partial charge in [-0.15, -0.1) is 0 Å². The summed E-state index contributed by atoms with van der Waals surface area (Å²) in [6.45, 7) is 2.84. The van der Waals surface area contributed by atoms with Gasteiger partial charge in [-0.25, -0.2) is 0 Å². The maximum absolute atomic E-state index is 12.4. The highest BCUT2D eigenvalue weighted by molar-refractivity contribution is 6.07. The third kappa shape index (κ3) is 3.66. The van der Waals surface area contributed by atoms with Crippen LogP contribution >= 0.6 is 0 Å². The van der Waals surface area contributed by atoms with Gasteiger partial charge in [-0.2, -0.15) is 0 Å². The van der Waals surface area contributed by atoms with Gasteiger partial charge in [0.2, 0.25) is 23.6 Å². The molecule has 0 spiro atoms. The van der Waals surface area contributed by atoms with Crippen molar-refractivity contribution in [3.8, 4) is 0 Å². The Morgan fingerprint density at radius 1 is 1.27 bits per heavy atom. The van der Waals surface area contributed by atoms with Crippen LogP contribution in [0.4, 0.5) is 5.69 Å². The fourth-order valence-corrected chi connectivity index (χ4v) is 3.27. The minimum absolute atomic E-state index is 0.00478. The van der Waals surface area contributed by atoms with Crippen LogP contribution in [0.5, 0.6) is 0 Å². The molecular weight excluding hydrogens is 334 g/mol. The Balaban J connectivity index is 1.66. The molecule has 136 valence electrons. The van der Waals surface area contributed by atoms with Crippen LogP contribution in [0.1, 0.15) is 31.7 Å². The molecule has 0 aromatic heterocycles. The maximum Gasteiger partial charge on any atom is 0.249 e. The summed E-state index contributed by atoms with van der Waals surface area (Å²) in [7, 11) is 0. The summed E-state index contributed by atoms with van der Waals surface area (Å²) in [4.78, 5) is 50.4. The molecule has 1 aromatic carbocycles. The van der Waals surface area contributed by atoms with Crippen molar-refractivity contribution in [1.82, 2.24) is 10.2 Å². The Kier molecular flexibility index (Phi) is 5.16. The van der Waals surface area contributed by atoms with Gasteiger partial charge in [0.15, 0.2) is 0 Å². The van der Waals surface area contributed by atoms with Gasteiger partial charge in [-0.3, -0.25) is 24.5 Å². The van der Waals surface area contributed by atoms with Gasteiger partial charge in [0.25, 0.3) is 0 Å². The molecule has 1 atom stereocenters. The van der Waals surface area contributed by atoms with Gasteiger partial charge in [-0.05, 0) is 37.1 Å². The van der Waals surface area contributed by atoms with Crippen molar-refractivity contribution in [3.05, 3.63) is 35.9 Å². The Labute approximate surface area is 151 Å². The maximum atomic E-state index is 12.4. The van der Waals surface area contributed by atoms with Crippen molar-refractivity contribution in [2.75, 3.05) is 18.0 Å². The van der Waals surface area contributed by atoms with Crippen molar-refractivity contribution < 1.29 is 19.2 Å². The van der Waals surface area contributed by atoms with Crippen LogP contribution in [0.25, 0.3) is 6.08 Å². The summed E-state index contributed by atoms with van der Waals surface area (Å²) < 4.78 is 0. The van der Waals surface area contributed by atoms with Crippen molar-refractivity contribution >= 4 is 35.4 Å². The lowest BCUT2D eigenvalue weighted by molar-refractivity contribution is -0.135. The molecule has 0 aliphatic carbocycles. The molecule has 7 nitrogen and oxygen atoms in total. The van der Waals surface area contributed by atoms with Gasteiger partial charge in [0.05, 0.1) is 6.42 Å². The molecule has 2 fully saturated rings. The van der Waals surface area contributed by atoms with E-state index in [1.165, 1.54) is 11.0 Å². The number of hydrogen-bond donors (Lipinski definition) is 1. The Bertz CT molecular complexity index is 769. The van der Waals surface area contributed by atoms with Gasteiger partial charge in [0, 0.05) is 31.3 Å². The monoisotopic (exact) mass is 355 g/mol. The zero-order chi connectivity index (χ0) is 18.7. The SMILES string of the molecule is CCN(C(=O)/C=C\c1ccc(N2CCCC2=O)cc1)[C@H]1CC(=O)NC1=O. The number of anilines is 1. The van der Waals surface area contributed by atoms with Crippen molar-refractivity contribution in [1.29, 1.82) is 0 Å². The molecule has 0 unspecified atom stereocenters. The highest BCUT2D eigenvalue weighted by Gasteiger charge is 2.36. The molecular formula is C19H21N3O4. The second-order valence-corrected chi connectivity index (χ2v) is 6.33. The molecule has 7 heteroatoms. The van der Waals surface area contributed by atoms with E-state index in [0.717, 1.165) is 24.2 Å². The summed E-state index contributed by atoms with van der Waals surface area (Å²) in [6.07, 6.45) is 4.52. The lowest BCUT2D eigenvalue weighted by Crippen LogP contribution is -2.43. The molecule has 2 saturated heterocycles. The number of carbonyl (C=O) groups is 4. The highest BCUT2D eigenvalue weighted by atomic mass is 16.2. The second-order valence-electron chi connectivity index (χ2n) is 6.33. The number of nitrogens with one attached hydrogen (secondary N) is 1. The van der Waals surface area contributed by atoms with Crippen LogP contribution in [0.15, 0.2) is 30.3 Å². The van der Waals surface area contributed by atoms with Gasteiger partial charge in [0.1, 0.15) is 6.04 Å². The Hall–Kier alpha value is -2.96. The zero-order valence-corrected chi connectivity index (χ0v) is 14.6.